The van der Waals surface area contributed by atoms with Crippen molar-refractivity contribution in [3.8, 4) is 0 Å². The monoisotopic (exact) mass is 365 g/mol. The Morgan fingerprint density at radius 1 is 1.41 bits per heavy atom. The highest BCUT2D eigenvalue weighted by atomic mass is 35.5. The molecule has 2 unspecified atom stereocenters. The number of ether oxygens (including phenoxy) is 1. The Hall–Kier alpha value is -0.920. The van der Waals surface area contributed by atoms with Crippen LogP contribution in [0.3, 0.4) is 0 Å². The molecule has 0 saturated heterocycles. The molecule has 1 aromatic heterocycles. The number of hydrogen-bond donors (Lipinski definition) is 1. The topological polar surface area (TPSA) is 68.5 Å². The Labute approximate surface area is 146 Å². The lowest BCUT2D eigenvalue weighted by Gasteiger charge is -2.25. The largest absolute Gasteiger partial charge is 0.383 e. The lowest BCUT2D eigenvalue weighted by atomic mass is 10.2. The predicted molar refractivity (Wildman–Crippen MR) is 95.2 cm³/mol. The molecule has 1 aromatic carbocycles. The summed E-state index contributed by atoms with van der Waals surface area (Å²) in [5.74, 6) is -0.140. The van der Waals surface area contributed by atoms with E-state index in [0.29, 0.717) is 0 Å². The summed E-state index contributed by atoms with van der Waals surface area (Å²) in [5, 5.41) is 0.909. The van der Waals surface area contributed by atoms with Crippen LogP contribution in [0.4, 0.5) is 0 Å². The van der Waals surface area contributed by atoms with Gasteiger partial charge in [-0.3, -0.25) is 4.79 Å². The SMILES string of the molecule is COCC(N)C(=O)N(C)C(C)c1nc2ccccc2s1.Cl.Cl. The number of nitrogens with two attached hydrogens (primary N) is 1. The van der Waals surface area contributed by atoms with Crippen molar-refractivity contribution in [1.29, 1.82) is 0 Å². The van der Waals surface area contributed by atoms with Crippen molar-refractivity contribution in [2.75, 3.05) is 20.8 Å². The summed E-state index contributed by atoms with van der Waals surface area (Å²) in [6.45, 7) is 2.17. The first kappa shape index (κ1) is 21.1. The minimum atomic E-state index is -0.637. The smallest absolute Gasteiger partial charge is 0.242 e. The van der Waals surface area contributed by atoms with Crippen LogP contribution < -0.4 is 5.73 Å². The number of para-hydroxylation sites is 1. The number of rotatable bonds is 5. The second-order valence-corrected chi connectivity index (χ2v) is 5.77. The van der Waals surface area contributed by atoms with Crippen LogP contribution in [-0.4, -0.2) is 42.6 Å². The van der Waals surface area contributed by atoms with Gasteiger partial charge in [0.15, 0.2) is 0 Å². The molecule has 124 valence electrons. The van der Waals surface area contributed by atoms with E-state index in [4.69, 9.17) is 10.5 Å². The third-order valence-electron chi connectivity index (χ3n) is 3.26. The molecule has 2 rings (SSSR count). The van der Waals surface area contributed by atoms with Crippen molar-refractivity contribution in [2.24, 2.45) is 5.73 Å². The van der Waals surface area contributed by atoms with Gasteiger partial charge in [0.2, 0.25) is 5.91 Å². The van der Waals surface area contributed by atoms with E-state index in [1.54, 1.807) is 23.3 Å². The maximum absolute atomic E-state index is 12.2. The van der Waals surface area contributed by atoms with Crippen LogP contribution in [0, 0.1) is 0 Å². The van der Waals surface area contributed by atoms with Gasteiger partial charge in [-0.2, -0.15) is 0 Å². The fraction of sp³-hybridized carbons (Fsp3) is 0.429. The summed E-state index contributed by atoms with van der Waals surface area (Å²) in [5.41, 5.74) is 6.75. The maximum Gasteiger partial charge on any atom is 0.242 e. The summed E-state index contributed by atoms with van der Waals surface area (Å²) >= 11 is 1.60. The molecular formula is C14H21Cl2N3O2S. The van der Waals surface area contributed by atoms with E-state index >= 15 is 0 Å². The van der Waals surface area contributed by atoms with Crippen LogP contribution in [0.15, 0.2) is 24.3 Å². The zero-order valence-electron chi connectivity index (χ0n) is 12.7. The molecule has 2 N–H and O–H groups in total. The van der Waals surface area contributed by atoms with E-state index in [1.807, 2.05) is 31.2 Å². The lowest BCUT2D eigenvalue weighted by Crippen LogP contribution is -2.45. The van der Waals surface area contributed by atoms with E-state index in [-0.39, 0.29) is 43.4 Å². The Balaban J connectivity index is 0.00000220. The second-order valence-electron chi connectivity index (χ2n) is 4.71. The highest BCUT2D eigenvalue weighted by molar-refractivity contribution is 7.18. The number of thiazole rings is 1. The highest BCUT2D eigenvalue weighted by Gasteiger charge is 2.24. The third kappa shape index (κ3) is 4.54. The fourth-order valence-electron chi connectivity index (χ4n) is 1.94. The van der Waals surface area contributed by atoms with Gasteiger partial charge in [-0.1, -0.05) is 12.1 Å². The zero-order chi connectivity index (χ0) is 14.7. The van der Waals surface area contributed by atoms with Gasteiger partial charge in [0.05, 0.1) is 22.9 Å². The molecule has 1 amide bonds. The van der Waals surface area contributed by atoms with Gasteiger partial charge >= 0.3 is 0 Å². The van der Waals surface area contributed by atoms with Gasteiger partial charge in [0.1, 0.15) is 11.0 Å². The summed E-state index contributed by atoms with van der Waals surface area (Å²) in [6.07, 6.45) is 0. The Kier molecular flexibility index (Phi) is 8.88. The van der Waals surface area contributed by atoms with Crippen LogP contribution in [0.1, 0.15) is 18.0 Å². The standard InChI is InChI=1S/C14H19N3O2S.2ClH/c1-9(17(2)14(18)10(15)8-19-3)13-16-11-6-4-5-7-12(11)20-13;;/h4-7,9-10H,8,15H2,1-3H3;2*1H. The molecule has 22 heavy (non-hydrogen) atoms. The second kappa shape index (κ2) is 9.27. The van der Waals surface area contributed by atoms with Crippen molar-refractivity contribution in [3.63, 3.8) is 0 Å². The van der Waals surface area contributed by atoms with Gasteiger partial charge in [0, 0.05) is 14.2 Å². The van der Waals surface area contributed by atoms with E-state index in [1.165, 1.54) is 7.11 Å². The first-order chi connectivity index (χ1) is 9.54. The minimum absolute atomic E-state index is 0. The summed E-state index contributed by atoms with van der Waals surface area (Å²) in [4.78, 5) is 18.4. The first-order valence-corrected chi connectivity index (χ1v) is 7.23. The predicted octanol–water partition coefficient (Wildman–Crippen LogP) is 2.63. The summed E-state index contributed by atoms with van der Waals surface area (Å²) in [6, 6.07) is 7.20. The molecule has 0 radical (unpaired) electrons. The first-order valence-electron chi connectivity index (χ1n) is 6.41. The van der Waals surface area contributed by atoms with E-state index in [0.717, 1.165) is 15.2 Å². The van der Waals surface area contributed by atoms with Crippen LogP contribution >= 0.6 is 36.2 Å². The quantitative estimate of drug-likeness (QED) is 0.883. The van der Waals surface area contributed by atoms with Crippen molar-refractivity contribution in [1.82, 2.24) is 9.88 Å². The van der Waals surface area contributed by atoms with Crippen LogP contribution in [0.5, 0.6) is 0 Å². The van der Waals surface area contributed by atoms with Crippen LogP contribution in [0.25, 0.3) is 10.2 Å². The number of likely N-dealkylation sites (N-methyl/N-ethyl adjacent to an activating group) is 1. The molecule has 0 aliphatic heterocycles. The van der Waals surface area contributed by atoms with Crippen LogP contribution in [-0.2, 0) is 9.53 Å². The molecule has 0 spiro atoms. The number of nitrogens with zero attached hydrogens (tertiary/aromatic N) is 2. The molecule has 0 saturated carbocycles. The van der Waals surface area contributed by atoms with Gasteiger partial charge < -0.3 is 15.4 Å². The van der Waals surface area contributed by atoms with E-state index in [2.05, 4.69) is 4.98 Å². The van der Waals surface area contributed by atoms with Gasteiger partial charge in [-0.05, 0) is 19.1 Å². The molecule has 5 nitrogen and oxygen atoms in total. The lowest BCUT2D eigenvalue weighted by molar-refractivity contribution is -0.134. The van der Waals surface area contributed by atoms with Crippen molar-refractivity contribution < 1.29 is 9.53 Å². The zero-order valence-corrected chi connectivity index (χ0v) is 15.1. The molecule has 0 bridgehead atoms. The Morgan fingerprint density at radius 3 is 2.64 bits per heavy atom. The average molecular weight is 366 g/mol. The minimum Gasteiger partial charge on any atom is -0.383 e. The maximum atomic E-state index is 12.2. The molecule has 2 atom stereocenters. The molecule has 1 heterocycles. The highest BCUT2D eigenvalue weighted by Crippen LogP contribution is 2.28. The number of carbonyl (C=O) groups excluding carboxylic acids is 1. The Bertz CT molecular complexity index is 576. The van der Waals surface area contributed by atoms with Gasteiger partial charge in [0.25, 0.3) is 0 Å². The van der Waals surface area contributed by atoms with Crippen molar-refractivity contribution >= 4 is 52.3 Å². The number of amides is 1. The molecule has 0 aliphatic rings. The molecule has 0 fully saturated rings. The average Bonchev–Trinajstić information content (AvgIpc) is 2.89. The number of benzene rings is 1. The van der Waals surface area contributed by atoms with Crippen molar-refractivity contribution in [3.05, 3.63) is 29.3 Å². The fourth-order valence-corrected chi connectivity index (χ4v) is 3.00. The van der Waals surface area contributed by atoms with E-state index in [9.17, 15) is 4.79 Å². The normalized spacial score (nSPS) is 12.9. The van der Waals surface area contributed by atoms with Gasteiger partial charge in [-0.25, -0.2) is 4.98 Å². The molecule has 0 aliphatic carbocycles. The number of aromatic nitrogens is 1. The number of methoxy groups -OCH3 is 1. The molecule has 2 aromatic rings. The van der Waals surface area contributed by atoms with E-state index < -0.39 is 6.04 Å². The molecule has 8 heteroatoms. The number of hydrogen-bond acceptors (Lipinski definition) is 5. The van der Waals surface area contributed by atoms with Crippen molar-refractivity contribution in [2.45, 2.75) is 19.0 Å². The summed E-state index contributed by atoms with van der Waals surface area (Å²) < 4.78 is 6.04. The Morgan fingerprint density at radius 2 is 2.05 bits per heavy atom. The van der Waals surface area contributed by atoms with Crippen LogP contribution in [0.2, 0.25) is 0 Å². The number of halogens is 2. The molecular weight excluding hydrogens is 345 g/mol. The number of carbonyl (C=O) groups is 1. The number of fused-ring (bicyclic) bond motifs is 1. The van der Waals surface area contributed by atoms with Gasteiger partial charge in [-0.15, -0.1) is 36.2 Å². The third-order valence-corrected chi connectivity index (χ3v) is 4.47. The summed E-state index contributed by atoms with van der Waals surface area (Å²) in [7, 11) is 3.28.